The summed E-state index contributed by atoms with van der Waals surface area (Å²) in [6, 6.07) is 15.3. The Balaban J connectivity index is 1.77. The van der Waals surface area contributed by atoms with Crippen molar-refractivity contribution in [3.8, 4) is 5.75 Å². The second-order valence-electron chi connectivity index (χ2n) is 6.08. The molecule has 2 amide bonds. The number of nitrogens with zero attached hydrogens (tertiary/aromatic N) is 1. The van der Waals surface area contributed by atoms with Crippen LogP contribution >= 0.6 is 0 Å². The highest BCUT2D eigenvalue weighted by Gasteiger charge is 2.21. The zero-order valence-corrected chi connectivity index (χ0v) is 15.6. The van der Waals surface area contributed by atoms with Crippen molar-refractivity contribution in [2.24, 2.45) is 0 Å². The number of hydrogen-bond donors (Lipinski definition) is 1. The maximum absolute atomic E-state index is 12.8. The number of carbonyl (C=O) groups is 2. The van der Waals surface area contributed by atoms with Gasteiger partial charge in [-0.15, -0.1) is 0 Å². The third kappa shape index (κ3) is 4.20. The molecule has 0 aliphatic carbocycles. The first-order chi connectivity index (χ1) is 13.5. The molecular weight excluding hydrogens is 360 g/mol. The molecule has 1 heterocycles. The normalized spacial score (nSPS) is 10.5. The second-order valence-corrected chi connectivity index (χ2v) is 6.08. The van der Waals surface area contributed by atoms with E-state index in [1.165, 1.54) is 18.1 Å². The van der Waals surface area contributed by atoms with Crippen molar-refractivity contribution in [3.05, 3.63) is 70.6 Å². The number of nitrogens with one attached hydrogen (secondary N) is 1. The lowest BCUT2D eigenvalue weighted by Crippen LogP contribution is -2.39. The minimum atomic E-state index is -0.727. The van der Waals surface area contributed by atoms with E-state index in [-0.39, 0.29) is 24.6 Å². The maximum Gasteiger partial charge on any atom is 0.349 e. The van der Waals surface area contributed by atoms with Crippen molar-refractivity contribution in [2.75, 3.05) is 25.5 Å². The smallest absolute Gasteiger partial charge is 0.349 e. The third-order valence-electron chi connectivity index (χ3n) is 4.23. The van der Waals surface area contributed by atoms with Gasteiger partial charge in [0.15, 0.2) is 0 Å². The quantitative estimate of drug-likeness (QED) is 0.664. The molecule has 0 atom stereocenters. The van der Waals surface area contributed by atoms with Crippen LogP contribution in [-0.4, -0.2) is 36.9 Å². The van der Waals surface area contributed by atoms with Crippen LogP contribution in [-0.2, 0) is 4.79 Å². The van der Waals surface area contributed by atoms with E-state index in [1.807, 2.05) is 0 Å². The lowest BCUT2D eigenvalue weighted by atomic mass is 10.1. The Morgan fingerprint density at radius 2 is 1.89 bits per heavy atom. The molecule has 0 aliphatic heterocycles. The van der Waals surface area contributed by atoms with Crippen LogP contribution in [0.5, 0.6) is 5.75 Å². The summed E-state index contributed by atoms with van der Waals surface area (Å²) < 4.78 is 10.3. The molecule has 1 N–H and O–H groups in total. The molecule has 0 saturated heterocycles. The van der Waals surface area contributed by atoms with Gasteiger partial charge in [-0.05, 0) is 31.2 Å². The largest absolute Gasteiger partial charge is 0.497 e. The van der Waals surface area contributed by atoms with Gasteiger partial charge in [0, 0.05) is 23.7 Å². The van der Waals surface area contributed by atoms with Crippen molar-refractivity contribution in [3.63, 3.8) is 0 Å². The number of fused-ring (bicyclic) bond motifs is 1. The number of rotatable bonds is 6. The van der Waals surface area contributed by atoms with E-state index in [9.17, 15) is 14.4 Å². The summed E-state index contributed by atoms with van der Waals surface area (Å²) >= 11 is 0. The Labute approximate surface area is 161 Å². The minimum Gasteiger partial charge on any atom is -0.497 e. The van der Waals surface area contributed by atoms with Crippen LogP contribution in [0.3, 0.4) is 0 Å². The molecule has 0 fully saturated rings. The number of likely N-dealkylation sites (N-methyl/N-ethyl adjacent to an activating group) is 1. The van der Waals surface area contributed by atoms with Gasteiger partial charge in [-0.2, -0.15) is 0 Å². The van der Waals surface area contributed by atoms with Crippen molar-refractivity contribution >= 4 is 28.5 Å². The number of carbonyl (C=O) groups excluding carboxylic acids is 2. The summed E-state index contributed by atoms with van der Waals surface area (Å²) in [7, 11) is 1.54. The number of ether oxygens (including phenoxy) is 1. The van der Waals surface area contributed by atoms with Gasteiger partial charge in [-0.1, -0.05) is 24.3 Å². The van der Waals surface area contributed by atoms with Gasteiger partial charge in [0.05, 0.1) is 7.11 Å². The minimum absolute atomic E-state index is 0.102. The van der Waals surface area contributed by atoms with E-state index in [0.717, 1.165) is 0 Å². The van der Waals surface area contributed by atoms with E-state index in [0.29, 0.717) is 22.4 Å². The second kappa shape index (κ2) is 8.39. The zero-order chi connectivity index (χ0) is 20.1. The fraction of sp³-hybridized carbons (Fsp3) is 0.190. The monoisotopic (exact) mass is 380 g/mol. The fourth-order valence-electron chi connectivity index (χ4n) is 2.78. The molecule has 0 bridgehead atoms. The van der Waals surface area contributed by atoms with Crippen molar-refractivity contribution < 1.29 is 18.7 Å². The van der Waals surface area contributed by atoms with Gasteiger partial charge >= 0.3 is 5.63 Å². The number of amides is 2. The van der Waals surface area contributed by atoms with Crippen molar-refractivity contribution in [1.82, 2.24) is 4.90 Å². The summed E-state index contributed by atoms with van der Waals surface area (Å²) in [5, 5.41) is 3.36. The predicted molar refractivity (Wildman–Crippen MR) is 106 cm³/mol. The van der Waals surface area contributed by atoms with Crippen molar-refractivity contribution in [1.29, 1.82) is 0 Å². The molecule has 1 aromatic heterocycles. The first-order valence-electron chi connectivity index (χ1n) is 8.78. The Kier molecular flexibility index (Phi) is 5.74. The summed E-state index contributed by atoms with van der Waals surface area (Å²) in [5.41, 5.74) is 0.131. The lowest BCUT2D eigenvalue weighted by molar-refractivity contribution is -0.116. The maximum atomic E-state index is 12.8. The molecule has 0 spiro atoms. The third-order valence-corrected chi connectivity index (χ3v) is 4.23. The number of hydrogen-bond acceptors (Lipinski definition) is 5. The Hall–Kier alpha value is -3.61. The van der Waals surface area contributed by atoms with Gasteiger partial charge in [0.2, 0.25) is 5.91 Å². The molecule has 7 nitrogen and oxygen atoms in total. The van der Waals surface area contributed by atoms with Crippen LogP contribution in [0.15, 0.2) is 63.8 Å². The highest BCUT2D eigenvalue weighted by Crippen LogP contribution is 2.17. The number of anilines is 1. The van der Waals surface area contributed by atoms with Crippen LogP contribution < -0.4 is 15.7 Å². The Bertz CT molecular complexity index is 1070. The average Bonchev–Trinajstić information content (AvgIpc) is 2.71. The van der Waals surface area contributed by atoms with Gasteiger partial charge in [-0.3, -0.25) is 9.59 Å². The number of methoxy groups -OCH3 is 1. The van der Waals surface area contributed by atoms with E-state index in [2.05, 4.69) is 5.32 Å². The molecule has 144 valence electrons. The van der Waals surface area contributed by atoms with Gasteiger partial charge in [0.25, 0.3) is 5.91 Å². The summed E-state index contributed by atoms with van der Waals surface area (Å²) in [6.07, 6.45) is 0. The topological polar surface area (TPSA) is 88.8 Å². The number of benzene rings is 2. The molecule has 7 heteroatoms. The van der Waals surface area contributed by atoms with Crippen LogP contribution in [0.25, 0.3) is 11.0 Å². The zero-order valence-electron chi connectivity index (χ0n) is 15.6. The first kappa shape index (κ1) is 19.2. The van der Waals surface area contributed by atoms with Gasteiger partial charge < -0.3 is 19.4 Å². The Morgan fingerprint density at radius 1 is 1.11 bits per heavy atom. The lowest BCUT2D eigenvalue weighted by Gasteiger charge is -2.20. The van der Waals surface area contributed by atoms with Gasteiger partial charge in [-0.25, -0.2) is 4.79 Å². The van der Waals surface area contributed by atoms with E-state index >= 15 is 0 Å². The predicted octanol–water partition coefficient (Wildman–Crippen LogP) is 2.90. The molecule has 0 radical (unpaired) electrons. The van der Waals surface area contributed by atoms with E-state index in [1.54, 1.807) is 55.5 Å². The molecule has 3 rings (SSSR count). The summed E-state index contributed by atoms with van der Waals surface area (Å²) in [4.78, 5) is 38.7. The van der Waals surface area contributed by atoms with Crippen LogP contribution in [0.4, 0.5) is 5.69 Å². The van der Waals surface area contributed by atoms with Crippen LogP contribution in [0, 0.1) is 0 Å². The molecular formula is C21H20N2O5. The molecule has 28 heavy (non-hydrogen) atoms. The summed E-state index contributed by atoms with van der Waals surface area (Å²) in [5.74, 6) is -0.327. The highest BCUT2D eigenvalue weighted by atomic mass is 16.5. The average molecular weight is 380 g/mol. The highest BCUT2D eigenvalue weighted by molar-refractivity contribution is 6.00. The first-order valence-corrected chi connectivity index (χ1v) is 8.78. The van der Waals surface area contributed by atoms with Crippen LogP contribution in [0.2, 0.25) is 0 Å². The van der Waals surface area contributed by atoms with Crippen molar-refractivity contribution in [2.45, 2.75) is 6.92 Å². The molecule has 0 unspecified atom stereocenters. The van der Waals surface area contributed by atoms with E-state index in [4.69, 9.17) is 9.15 Å². The molecule has 0 aliphatic rings. The fourth-order valence-corrected chi connectivity index (χ4v) is 2.78. The Morgan fingerprint density at radius 3 is 2.64 bits per heavy atom. The molecule has 3 aromatic rings. The SMILES string of the molecule is CCN(CC(=O)Nc1cccc(OC)c1)C(=O)c1cc2ccccc2oc1=O. The van der Waals surface area contributed by atoms with Crippen LogP contribution in [0.1, 0.15) is 17.3 Å². The summed E-state index contributed by atoms with van der Waals surface area (Å²) in [6.45, 7) is 1.80. The molecule has 0 saturated carbocycles. The van der Waals surface area contributed by atoms with Gasteiger partial charge in [0.1, 0.15) is 23.4 Å². The molecule has 2 aromatic carbocycles. The number of para-hydroxylation sites is 1. The standard InChI is InChI=1S/C21H20N2O5/c1-3-23(13-19(24)22-15-8-6-9-16(12-15)27-2)20(25)17-11-14-7-4-5-10-18(14)28-21(17)26/h4-12H,3,13H2,1-2H3,(H,22,24). The van der Waals surface area contributed by atoms with E-state index < -0.39 is 11.5 Å².